The predicted octanol–water partition coefficient (Wildman–Crippen LogP) is 1.52. The molecule has 3 atom stereocenters. The Labute approximate surface area is 79.2 Å². The summed E-state index contributed by atoms with van der Waals surface area (Å²) < 4.78 is 46.0. The molecule has 0 aromatic heterocycles. The lowest BCUT2D eigenvalue weighted by Gasteiger charge is -2.19. The number of methoxy groups -OCH3 is 1. The highest BCUT2D eigenvalue weighted by Crippen LogP contribution is 2.37. The predicted molar refractivity (Wildman–Crippen MR) is 40.5 cm³/mol. The monoisotopic (exact) mass is 212 g/mol. The summed E-state index contributed by atoms with van der Waals surface area (Å²) in [6.45, 7) is 1.50. The van der Waals surface area contributed by atoms with Crippen LogP contribution >= 0.6 is 0 Å². The highest BCUT2D eigenvalue weighted by Gasteiger charge is 2.53. The molecule has 1 saturated heterocycles. The Bertz CT molecular complexity index is 226. The van der Waals surface area contributed by atoms with E-state index in [9.17, 15) is 18.0 Å². The molecule has 1 fully saturated rings. The maximum absolute atomic E-state index is 12.3. The Kier molecular flexibility index (Phi) is 3.04. The molecule has 0 N–H and O–H groups in total. The van der Waals surface area contributed by atoms with Gasteiger partial charge in [0.15, 0.2) is 6.10 Å². The van der Waals surface area contributed by atoms with Crippen molar-refractivity contribution >= 4 is 5.97 Å². The number of halogens is 3. The van der Waals surface area contributed by atoms with Gasteiger partial charge in [-0.3, -0.25) is 4.79 Å². The van der Waals surface area contributed by atoms with Crippen molar-refractivity contribution in [2.45, 2.75) is 31.7 Å². The van der Waals surface area contributed by atoms with E-state index in [-0.39, 0.29) is 6.42 Å². The van der Waals surface area contributed by atoms with Crippen LogP contribution in [-0.2, 0) is 14.3 Å². The zero-order valence-corrected chi connectivity index (χ0v) is 7.80. The summed E-state index contributed by atoms with van der Waals surface area (Å²) >= 11 is 0. The molecule has 0 amide bonds. The summed E-state index contributed by atoms with van der Waals surface area (Å²) in [6, 6.07) is 0. The van der Waals surface area contributed by atoms with Gasteiger partial charge < -0.3 is 9.47 Å². The van der Waals surface area contributed by atoms with Gasteiger partial charge in [0.1, 0.15) is 0 Å². The lowest BCUT2D eigenvalue weighted by Crippen LogP contribution is -2.38. The maximum atomic E-state index is 12.3. The molecule has 0 aromatic rings. The first kappa shape index (κ1) is 11.3. The molecule has 82 valence electrons. The van der Waals surface area contributed by atoms with E-state index in [0.29, 0.717) is 0 Å². The molecule has 1 aliphatic rings. The minimum Gasteiger partial charge on any atom is -0.469 e. The van der Waals surface area contributed by atoms with Crippen molar-refractivity contribution in [3.63, 3.8) is 0 Å². The standard InChI is InChI=1S/C8H11F3O3/c1-4-3-5(7(12)13-2)6(14-4)8(9,10)11/h4-6H,3H2,1-2H3/t4-,5-,6-/m1/s1. The van der Waals surface area contributed by atoms with Crippen LogP contribution in [0.15, 0.2) is 0 Å². The molecule has 6 heteroatoms. The van der Waals surface area contributed by atoms with Crippen LogP contribution in [0.4, 0.5) is 13.2 Å². The second-order valence-electron chi connectivity index (χ2n) is 3.27. The van der Waals surface area contributed by atoms with E-state index in [4.69, 9.17) is 0 Å². The van der Waals surface area contributed by atoms with E-state index in [1.165, 1.54) is 6.92 Å². The van der Waals surface area contributed by atoms with Crippen LogP contribution in [0.3, 0.4) is 0 Å². The average Bonchev–Trinajstić information content (AvgIpc) is 2.45. The van der Waals surface area contributed by atoms with Crippen molar-refractivity contribution in [2.24, 2.45) is 5.92 Å². The smallest absolute Gasteiger partial charge is 0.415 e. The third-order valence-corrected chi connectivity index (χ3v) is 2.16. The van der Waals surface area contributed by atoms with Crippen LogP contribution < -0.4 is 0 Å². The quantitative estimate of drug-likeness (QED) is 0.618. The highest BCUT2D eigenvalue weighted by molar-refractivity contribution is 5.73. The number of hydrogen-bond acceptors (Lipinski definition) is 3. The van der Waals surface area contributed by atoms with Gasteiger partial charge in [0.05, 0.1) is 19.1 Å². The molecule has 0 saturated carbocycles. The first-order valence-corrected chi connectivity index (χ1v) is 4.16. The largest absolute Gasteiger partial charge is 0.469 e. The number of carbonyl (C=O) groups excluding carboxylic acids is 1. The molecule has 0 bridgehead atoms. The molecule has 0 radical (unpaired) electrons. The van der Waals surface area contributed by atoms with E-state index in [1.807, 2.05) is 0 Å². The minimum atomic E-state index is -4.51. The maximum Gasteiger partial charge on any atom is 0.415 e. The number of ether oxygens (including phenoxy) is 2. The Balaban J connectivity index is 2.78. The number of rotatable bonds is 1. The first-order valence-electron chi connectivity index (χ1n) is 4.16. The molecule has 3 nitrogen and oxygen atoms in total. The Hall–Kier alpha value is -0.780. The van der Waals surface area contributed by atoms with Crippen LogP contribution in [-0.4, -0.2) is 31.5 Å². The molecule has 0 aliphatic carbocycles. The van der Waals surface area contributed by atoms with Crippen LogP contribution in [0.2, 0.25) is 0 Å². The topological polar surface area (TPSA) is 35.5 Å². The van der Waals surface area contributed by atoms with Gasteiger partial charge in [0.2, 0.25) is 0 Å². The molecule has 1 aliphatic heterocycles. The van der Waals surface area contributed by atoms with Gasteiger partial charge in [0.25, 0.3) is 0 Å². The average molecular weight is 212 g/mol. The SMILES string of the molecule is COC(=O)[C@@H]1C[C@@H](C)O[C@H]1C(F)(F)F. The van der Waals surface area contributed by atoms with E-state index in [2.05, 4.69) is 9.47 Å². The fourth-order valence-corrected chi connectivity index (χ4v) is 1.56. The summed E-state index contributed by atoms with van der Waals surface area (Å²) in [5, 5.41) is 0. The van der Waals surface area contributed by atoms with Crippen LogP contribution in [0.1, 0.15) is 13.3 Å². The Morgan fingerprint density at radius 3 is 2.50 bits per heavy atom. The Morgan fingerprint density at radius 2 is 2.07 bits per heavy atom. The van der Waals surface area contributed by atoms with Crippen molar-refractivity contribution in [3.8, 4) is 0 Å². The lowest BCUT2D eigenvalue weighted by atomic mass is 9.99. The number of alkyl halides is 3. The molecule has 0 spiro atoms. The molecule has 0 unspecified atom stereocenters. The van der Waals surface area contributed by atoms with E-state index in [0.717, 1.165) is 7.11 Å². The van der Waals surface area contributed by atoms with E-state index < -0.39 is 30.3 Å². The van der Waals surface area contributed by atoms with Gasteiger partial charge in [0, 0.05) is 0 Å². The number of carbonyl (C=O) groups is 1. The fourth-order valence-electron chi connectivity index (χ4n) is 1.56. The summed E-state index contributed by atoms with van der Waals surface area (Å²) in [7, 11) is 1.07. The lowest BCUT2D eigenvalue weighted by molar-refractivity contribution is -0.225. The van der Waals surface area contributed by atoms with Crippen molar-refractivity contribution in [2.75, 3.05) is 7.11 Å². The zero-order valence-electron chi connectivity index (χ0n) is 7.80. The zero-order chi connectivity index (χ0) is 10.9. The van der Waals surface area contributed by atoms with Gasteiger partial charge in [-0.15, -0.1) is 0 Å². The number of esters is 1. The Morgan fingerprint density at radius 1 is 1.50 bits per heavy atom. The van der Waals surface area contributed by atoms with Crippen LogP contribution in [0.5, 0.6) is 0 Å². The van der Waals surface area contributed by atoms with Gasteiger partial charge in [-0.25, -0.2) is 0 Å². The van der Waals surface area contributed by atoms with Gasteiger partial charge in [-0.1, -0.05) is 0 Å². The number of hydrogen-bond donors (Lipinski definition) is 0. The molecule has 14 heavy (non-hydrogen) atoms. The third kappa shape index (κ3) is 2.17. The van der Waals surface area contributed by atoms with E-state index in [1.54, 1.807) is 0 Å². The molecular weight excluding hydrogens is 201 g/mol. The first-order chi connectivity index (χ1) is 6.36. The fraction of sp³-hybridized carbons (Fsp3) is 0.875. The molecule has 0 aromatic carbocycles. The summed E-state index contributed by atoms with van der Waals surface area (Å²) in [5.41, 5.74) is 0. The third-order valence-electron chi connectivity index (χ3n) is 2.16. The summed E-state index contributed by atoms with van der Waals surface area (Å²) in [5.74, 6) is -2.09. The van der Waals surface area contributed by atoms with Gasteiger partial charge in [-0.2, -0.15) is 13.2 Å². The molecule has 1 heterocycles. The molecular formula is C8H11F3O3. The van der Waals surface area contributed by atoms with Gasteiger partial charge >= 0.3 is 12.1 Å². The van der Waals surface area contributed by atoms with Crippen molar-refractivity contribution in [1.29, 1.82) is 0 Å². The van der Waals surface area contributed by atoms with Crippen molar-refractivity contribution in [1.82, 2.24) is 0 Å². The minimum absolute atomic E-state index is 0.0524. The second-order valence-corrected chi connectivity index (χ2v) is 3.27. The highest BCUT2D eigenvalue weighted by atomic mass is 19.4. The molecule has 1 rings (SSSR count). The van der Waals surface area contributed by atoms with Crippen LogP contribution in [0.25, 0.3) is 0 Å². The summed E-state index contributed by atoms with van der Waals surface area (Å²) in [4.78, 5) is 11.0. The summed E-state index contributed by atoms with van der Waals surface area (Å²) in [6.07, 6.45) is -7.05. The van der Waals surface area contributed by atoms with Crippen molar-refractivity contribution in [3.05, 3.63) is 0 Å². The van der Waals surface area contributed by atoms with Gasteiger partial charge in [-0.05, 0) is 13.3 Å². The normalized spacial score (nSPS) is 33.1. The van der Waals surface area contributed by atoms with Crippen molar-refractivity contribution < 1.29 is 27.4 Å². The second kappa shape index (κ2) is 3.76. The van der Waals surface area contributed by atoms with E-state index >= 15 is 0 Å². The van der Waals surface area contributed by atoms with Crippen LogP contribution in [0, 0.1) is 5.92 Å².